The van der Waals surface area contributed by atoms with Crippen molar-refractivity contribution in [3.8, 4) is 0 Å². The van der Waals surface area contributed by atoms with E-state index in [9.17, 15) is 4.79 Å². The molecular weight excluding hydrogens is 404 g/mol. The standard InChI is InChI=1S/C24H40N6O2/c1-2-26-24(28-14-17-32-21-9-5-3-4-6-10-21)29-18-20-8-7-13-27-23(20)30-15-11-19(12-16-30)22(25)31/h7-8,13,19,21H,2-6,9-12,14-18H2,1H3,(H2,25,31)(H2,26,28,29). The number of amides is 1. The van der Waals surface area contributed by atoms with Gasteiger partial charge in [-0.25, -0.2) is 9.98 Å². The molecule has 1 amide bonds. The average Bonchev–Trinajstić information content (AvgIpc) is 3.09. The Balaban J connectivity index is 1.51. The molecule has 1 aliphatic carbocycles. The number of ether oxygens (including phenoxy) is 1. The van der Waals surface area contributed by atoms with Crippen LogP contribution in [0.3, 0.4) is 0 Å². The minimum atomic E-state index is -0.195. The average molecular weight is 445 g/mol. The molecule has 2 aliphatic rings. The van der Waals surface area contributed by atoms with E-state index in [4.69, 9.17) is 15.5 Å². The quantitative estimate of drug-likeness (QED) is 0.234. The van der Waals surface area contributed by atoms with Gasteiger partial charge in [-0.1, -0.05) is 31.7 Å². The Kier molecular flexibility index (Phi) is 10.1. The highest BCUT2D eigenvalue weighted by Gasteiger charge is 2.24. The second-order valence-electron chi connectivity index (χ2n) is 8.76. The molecule has 2 fully saturated rings. The molecule has 0 spiro atoms. The Labute approximate surface area is 192 Å². The lowest BCUT2D eigenvalue weighted by molar-refractivity contribution is -0.122. The van der Waals surface area contributed by atoms with Crippen LogP contribution in [0.15, 0.2) is 23.3 Å². The van der Waals surface area contributed by atoms with Crippen molar-refractivity contribution in [1.29, 1.82) is 0 Å². The van der Waals surface area contributed by atoms with Crippen molar-refractivity contribution in [1.82, 2.24) is 15.6 Å². The van der Waals surface area contributed by atoms with Crippen LogP contribution in [-0.4, -0.2) is 55.7 Å². The Hall–Kier alpha value is -2.35. The third kappa shape index (κ3) is 7.65. The van der Waals surface area contributed by atoms with Crippen molar-refractivity contribution in [2.24, 2.45) is 16.6 Å². The highest BCUT2D eigenvalue weighted by molar-refractivity contribution is 5.79. The first-order valence-corrected chi connectivity index (χ1v) is 12.3. The Morgan fingerprint density at radius 3 is 2.62 bits per heavy atom. The second-order valence-corrected chi connectivity index (χ2v) is 8.76. The summed E-state index contributed by atoms with van der Waals surface area (Å²) in [5.41, 5.74) is 6.56. The monoisotopic (exact) mass is 444 g/mol. The van der Waals surface area contributed by atoms with Crippen LogP contribution in [0.1, 0.15) is 63.9 Å². The smallest absolute Gasteiger partial charge is 0.220 e. The van der Waals surface area contributed by atoms with Gasteiger partial charge < -0.3 is 26.0 Å². The van der Waals surface area contributed by atoms with E-state index in [2.05, 4.69) is 33.5 Å². The third-order valence-electron chi connectivity index (χ3n) is 6.37. The molecule has 1 saturated carbocycles. The predicted octanol–water partition coefficient (Wildman–Crippen LogP) is 2.58. The fraction of sp³-hybridized carbons (Fsp3) is 0.708. The van der Waals surface area contributed by atoms with Gasteiger partial charge in [-0.3, -0.25) is 4.79 Å². The summed E-state index contributed by atoms with van der Waals surface area (Å²) < 4.78 is 6.08. The van der Waals surface area contributed by atoms with Gasteiger partial charge >= 0.3 is 0 Å². The summed E-state index contributed by atoms with van der Waals surface area (Å²) in [4.78, 5) is 23.1. The molecule has 0 aromatic carbocycles. The minimum Gasteiger partial charge on any atom is -0.376 e. The zero-order valence-corrected chi connectivity index (χ0v) is 19.5. The number of carbonyl (C=O) groups excluding carboxylic acids is 1. The van der Waals surface area contributed by atoms with Crippen molar-refractivity contribution in [2.75, 3.05) is 37.7 Å². The molecule has 32 heavy (non-hydrogen) atoms. The number of hydrogen-bond donors (Lipinski definition) is 3. The number of primary amides is 1. The number of nitrogens with one attached hydrogen (secondary N) is 2. The maximum atomic E-state index is 11.5. The van der Waals surface area contributed by atoms with Crippen LogP contribution in [0.5, 0.6) is 0 Å². The van der Waals surface area contributed by atoms with E-state index >= 15 is 0 Å². The minimum absolute atomic E-state index is 0.0267. The third-order valence-corrected chi connectivity index (χ3v) is 6.37. The van der Waals surface area contributed by atoms with Crippen LogP contribution in [-0.2, 0) is 16.1 Å². The molecule has 1 aliphatic heterocycles. The number of carbonyl (C=O) groups is 1. The van der Waals surface area contributed by atoms with Gasteiger partial charge in [-0.05, 0) is 38.7 Å². The molecule has 8 heteroatoms. The number of guanidine groups is 1. The zero-order valence-electron chi connectivity index (χ0n) is 19.5. The topological polar surface area (TPSA) is 105 Å². The SMILES string of the molecule is CCNC(=NCc1cccnc1N1CCC(C(N)=O)CC1)NCCOC1CCCCCC1. The van der Waals surface area contributed by atoms with Crippen LogP contribution >= 0.6 is 0 Å². The Morgan fingerprint density at radius 1 is 1.19 bits per heavy atom. The van der Waals surface area contributed by atoms with E-state index in [0.717, 1.165) is 56.4 Å². The lowest BCUT2D eigenvalue weighted by Gasteiger charge is -2.32. The molecule has 0 radical (unpaired) electrons. The Bertz CT molecular complexity index is 725. The number of aromatic nitrogens is 1. The number of nitrogens with two attached hydrogens (primary N) is 1. The van der Waals surface area contributed by atoms with E-state index in [1.54, 1.807) is 0 Å². The van der Waals surface area contributed by atoms with Crippen LogP contribution in [0.2, 0.25) is 0 Å². The molecule has 2 heterocycles. The number of piperidine rings is 1. The molecule has 1 aromatic rings. The van der Waals surface area contributed by atoms with E-state index in [1.807, 2.05) is 12.3 Å². The zero-order chi connectivity index (χ0) is 22.6. The van der Waals surface area contributed by atoms with Gasteiger partial charge in [0.1, 0.15) is 5.82 Å². The molecule has 0 atom stereocenters. The van der Waals surface area contributed by atoms with Gasteiger partial charge in [-0.15, -0.1) is 0 Å². The molecule has 178 valence electrons. The van der Waals surface area contributed by atoms with Crippen molar-refractivity contribution in [3.05, 3.63) is 23.9 Å². The highest BCUT2D eigenvalue weighted by Crippen LogP contribution is 2.25. The van der Waals surface area contributed by atoms with Crippen molar-refractivity contribution in [2.45, 2.75) is 70.9 Å². The number of rotatable bonds is 9. The summed E-state index contributed by atoms with van der Waals surface area (Å²) in [6.45, 7) is 6.42. The maximum Gasteiger partial charge on any atom is 0.220 e. The van der Waals surface area contributed by atoms with Crippen LogP contribution in [0, 0.1) is 5.92 Å². The summed E-state index contributed by atoms with van der Waals surface area (Å²) in [6, 6.07) is 4.02. The van der Waals surface area contributed by atoms with E-state index in [0.29, 0.717) is 19.3 Å². The van der Waals surface area contributed by atoms with E-state index in [-0.39, 0.29) is 11.8 Å². The molecule has 3 rings (SSSR count). The fourth-order valence-electron chi connectivity index (χ4n) is 4.52. The molecule has 1 saturated heterocycles. The van der Waals surface area contributed by atoms with Crippen LogP contribution in [0.25, 0.3) is 0 Å². The van der Waals surface area contributed by atoms with E-state index in [1.165, 1.54) is 38.5 Å². The summed E-state index contributed by atoms with van der Waals surface area (Å²) in [7, 11) is 0. The van der Waals surface area contributed by atoms with Crippen LogP contribution < -0.4 is 21.3 Å². The first kappa shape index (κ1) is 24.3. The largest absolute Gasteiger partial charge is 0.376 e. The molecule has 4 N–H and O–H groups in total. The van der Waals surface area contributed by atoms with Gasteiger partial charge in [0.05, 0.1) is 19.3 Å². The summed E-state index contributed by atoms with van der Waals surface area (Å²) >= 11 is 0. The number of anilines is 1. The van der Waals surface area contributed by atoms with Gasteiger partial charge in [0.2, 0.25) is 5.91 Å². The van der Waals surface area contributed by atoms with Crippen molar-refractivity contribution < 1.29 is 9.53 Å². The fourth-order valence-corrected chi connectivity index (χ4v) is 4.52. The molecule has 0 unspecified atom stereocenters. The summed E-state index contributed by atoms with van der Waals surface area (Å²) in [6.07, 6.45) is 11.4. The summed E-state index contributed by atoms with van der Waals surface area (Å²) in [5, 5.41) is 6.71. The van der Waals surface area contributed by atoms with E-state index < -0.39 is 0 Å². The molecule has 1 aromatic heterocycles. The van der Waals surface area contributed by atoms with Gasteiger partial charge in [-0.2, -0.15) is 0 Å². The number of nitrogens with zero attached hydrogens (tertiary/aromatic N) is 3. The lowest BCUT2D eigenvalue weighted by Crippen LogP contribution is -2.40. The van der Waals surface area contributed by atoms with Gasteiger partial charge in [0.15, 0.2) is 5.96 Å². The maximum absolute atomic E-state index is 11.5. The first-order valence-electron chi connectivity index (χ1n) is 12.3. The number of hydrogen-bond acceptors (Lipinski definition) is 5. The molecular formula is C24H40N6O2. The van der Waals surface area contributed by atoms with Crippen LogP contribution in [0.4, 0.5) is 5.82 Å². The predicted molar refractivity (Wildman–Crippen MR) is 129 cm³/mol. The normalized spacial score (nSPS) is 18.9. The number of pyridine rings is 1. The van der Waals surface area contributed by atoms with Gasteiger partial charge in [0, 0.05) is 43.9 Å². The summed E-state index contributed by atoms with van der Waals surface area (Å²) in [5.74, 6) is 1.52. The second kappa shape index (κ2) is 13.3. The van der Waals surface area contributed by atoms with Gasteiger partial charge in [0.25, 0.3) is 0 Å². The first-order chi connectivity index (χ1) is 15.7. The molecule has 0 bridgehead atoms. The Morgan fingerprint density at radius 2 is 1.94 bits per heavy atom. The number of aliphatic imine (C=N–C) groups is 1. The van der Waals surface area contributed by atoms with Crippen molar-refractivity contribution in [3.63, 3.8) is 0 Å². The molecule has 8 nitrogen and oxygen atoms in total. The lowest BCUT2D eigenvalue weighted by atomic mass is 9.96. The van der Waals surface area contributed by atoms with Crippen molar-refractivity contribution >= 4 is 17.7 Å². The highest BCUT2D eigenvalue weighted by atomic mass is 16.5.